The van der Waals surface area contributed by atoms with E-state index >= 15 is 0 Å². The van der Waals surface area contributed by atoms with E-state index in [1.54, 1.807) is 0 Å². The normalized spacial score (nSPS) is 11.6. The van der Waals surface area contributed by atoms with E-state index in [1.165, 1.54) is 29.5 Å². The van der Waals surface area contributed by atoms with Gasteiger partial charge < -0.3 is 4.98 Å². The molecule has 0 radical (unpaired) electrons. The first kappa shape index (κ1) is 18.7. The van der Waals surface area contributed by atoms with Crippen molar-refractivity contribution in [2.24, 2.45) is 0 Å². The van der Waals surface area contributed by atoms with Crippen LogP contribution in [0, 0.1) is 0 Å². The molecule has 0 saturated heterocycles. The van der Waals surface area contributed by atoms with E-state index in [2.05, 4.69) is 15.3 Å². The second kappa shape index (κ2) is 7.05. The minimum atomic E-state index is -3.45. The number of para-hydroxylation sites is 1. The Labute approximate surface area is 170 Å². The standard InChI is InChI=1S/C19H14ClN3O3S2/c1-28(25,26)11-6-7-15(20)13(8-11)18(24)23-19-22-17(10-27-19)14-9-21-16-5-3-2-4-12(14)16/h2-10,21H,1H3,(H,22,23,24). The summed E-state index contributed by atoms with van der Waals surface area (Å²) in [4.78, 5) is 20.3. The smallest absolute Gasteiger partial charge is 0.259 e. The summed E-state index contributed by atoms with van der Waals surface area (Å²) in [6.07, 6.45) is 2.95. The molecular weight excluding hydrogens is 418 g/mol. The van der Waals surface area contributed by atoms with Gasteiger partial charge in [-0.05, 0) is 24.3 Å². The van der Waals surface area contributed by atoms with Crippen molar-refractivity contribution < 1.29 is 13.2 Å². The monoisotopic (exact) mass is 431 g/mol. The van der Waals surface area contributed by atoms with Crippen LogP contribution in [0.25, 0.3) is 22.2 Å². The van der Waals surface area contributed by atoms with E-state index in [0.29, 0.717) is 5.13 Å². The highest BCUT2D eigenvalue weighted by atomic mass is 35.5. The van der Waals surface area contributed by atoms with Crippen LogP contribution in [-0.2, 0) is 9.84 Å². The number of nitrogens with one attached hydrogen (secondary N) is 2. The first-order valence-corrected chi connectivity index (χ1v) is 11.3. The van der Waals surface area contributed by atoms with Crippen LogP contribution >= 0.6 is 22.9 Å². The number of aromatic amines is 1. The van der Waals surface area contributed by atoms with Gasteiger partial charge in [0.2, 0.25) is 0 Å². The largest absolute Gasteiger partial charge is 0.360 e. The molecule has 1 amide bonds. The van der Waals surface area contributed by atoms with Gasteiger partial charge in [-0.2, -0.15) is 0 Å². The molecule has 0 saturated carbocycles. The number of sulfone groups is 1. The molecule has 0 spiro atoms. The highest BCUT2D eigenvalue weighted by Gasteiger charge is 2.17. The molecular formula is C19H14ClN3O3S2. The van der Waals surface area contributed by atoms with Crippen LogP contribution in [0.4, 0.5) is 5.13 Å². The number of benzene rings is 2. The first-order chi connectivity index (χ1) is 13.3. The summed E-state index contributed by atoms with van der Waals surface area (Å²) in [5, 5.41) is 6.13. The molecule has 0 fully saturated rings. The molecule has 2 aromatic carbocycles. The van der Waals surface area contributed by atoms with E-state index in [-0.39, 0.29) is 15.5 Å². The lowest BCUT2D eigenvalue weighted by molar-refractivity contribution is 0.102. The SMILES string of the molecule is CS(=O)(=O)c1ccc(Cl)c(C(=O)Nc2nc(-c3c[nH]c4ccccc34)cs2)c1. The van der Waals surface area contributed by atoms with E-state index in [0.717, 1.165) is 28.4 Å². The minimum absolute atomic E-state index is 0.0284. The second-order valence-corrected chi connectivity index (χ2v) is 9.43. The summed E-state index contributed by atoms with van der Waals surface area (Å²) < 4.78 is 23.5. The van der Waals surface area contributed by atoms with Crippen molar-refractivity contribution in [3.63, 3.8) is 0 Å². The summed E-state index contributed by atoms with van der Waals surface area (Å²) in [6.45, 7) is 0. The molecule has 6 nitrogen and oxygen atoms in total. The number of hydrogen-bond acceptors (Lipinski definition) is 5. The quantitative estimate of drug-likeness (QED) is 0.494. The molecule has 4 rings (SSSR count). The molecule has 2 N–H and O–H groups in total. The third-order valence-corrected chi connectivity index (χ3v) is 6.40. The van der Waals surface area contributed by atoms with Crippen molar-refractivity contribution in [3.8, 4) is 11.3 Å². The second-order valence-electron chi connectivity index (χ2n) is 6.15. The lowest BCUT2D eigenvalue weighted by atomic mass is 10.1. The Morgan fingerprint density at radius 1 is 1.21 bits per heavy atom. The van der Waals surface area contributed by atoms with Crippen LogP contribution in [-0.4, -0.2) is 30.5 Å². The van der Waals surface area contributed by atoms with Gasteiger partial charge >= 0.3 is 0 Å². The molecule has 0 unspecified atom stereocenters. The highest BCUT2D eigenvalue weighted by molar-refractivity contribution is 7.90. The Bertz CT molecular complexity index is 1310. The average molecular weight is 432 g/mol. The zero-order chi connectivity index (χ0) is 19.9. The average Bonchev–Trinajstić information content (AvgIpc) is 3.27. The maximum atomic E-state index is 12.6. The Balaban J connectivity index is 1.62. The maximum Gasteiger partial charge on any atom is 0.259 e. The predicted octanol–water partition coefficient (Wildman–Crippen LogP) is 4.60. The zero-order valence-corrected chi connectivity index (χ0v) is 17.0. The van der Waals surface area contributed by atoms with Gasteiger partial charge in [0.25, 0.3) is 5.91 Å². The number of fused-ring (bicyclic) bond motifs is 1. The molecule has 0 aliphatic rings. The van der Waals surface area contributed by atoms with Crippen LogP contribution in [0.15, 0.2) is 58.9 Å². The third kappa shape index (κ3) is 3.54. The topological polar surface area (TPSA) is 91.9 Å². The molecule has 0 aliphatic carbocycles. The van der Waals surface area contributed by atoms with Gasteiger partial charge in [0.1, 0.15) is 0 Å². The Morgan fingerprint density at radius 2 is 2.00 bits per heavy atom. The van der Waals surface area contributed by atoms with Crippen LogP contribution in [0.1, 0.15) is 10.4 Å². The van der Waals surface area contributed by atoms with Crippen LogP contribution < -0.4 is 5.32 Å². The molecule has 9 heteroatoms. The number of rotatable bonds is 4. The van der Waals surface area contributed by atoms with Gasteiger partial charge in [0.15, 0.2) is 15.0 Å². The Hall–Kier alpha value is -2.68. The number of carbonyl (C=O) groups excluding carboxylic acids is 1. The summed E-state index contributed by atoms with van der Waals surface area (Å²) in [6, 6.07) is 11.9. The number of H-pyrrole nitrogens is 1. The van der Waals surface area contributed by atoms with Gasteiger partial charge in [0, 0.05) is 34.3 Å². The molecule has 28 heavy (non-hydrogen) atoms. The molecule has 142 valence electrons. The van der Waals surface area contributed by atoms with Gasteiger partial charge in [-0.3, -0.25) is 10.1 Å². The Morgan fingerprint density at radius 3 is 2.79 bits per heavy atom. The third-order valence-electron chi connectivity index (χ3n) is 4.20. The summed E-state index contributed by atoms with van der Waals surface area (Å²) in [5.41, 5.74) is 2.74. The first-order valence-electron chi connectivity index (χ1n) is 8.16. The molecule has 0 atom stereocenters. The van der Waals surface area contributed by atoms with E-state index < -0.39 is 15.7 Å². The molecule has 0 aliphatic heterocycles. The molecule has 4 aromatic rings. The lowest BCUT2D eigenvalue weighted by Gasteiger charge is -2.06. The van der Waals surface area contributed by atoms with Crippen LogP contribution in [0.2, 0.25) is 5.02 Å². The summed E-state index contributed by atoms with van der Waals surface area (Å²) in [7, 11) is -3.45. The van der Waals surface area contributed by atoms with Gasteiger partial charge in [-0.25, -0.2) is 13.4 Å². The molecule has 2 heterocycles. The van der Waals surface area contributed by atoms with Crippen molar-refractivity contribution in [2.75, 3.05) is 11.6 Å². The van der Waals surface area contributed by atoms with Crippen molar-refractivity contribution in [1.29, 1.82) is 0 Å². The fourth-order valence-corrected chi connectivity index (χ4v) is 4.37. The number of nitrogens with zero attached hydrogens (tertiary/aromatic N) is 1. The number of amides is 1. The van der Waals surface area contributed by atoms with Crippen molar-refractivity contribution >= 4 is 54.7 Å². The zero-order valence-electron chi connectivity index (χ0n) is 14.6. The van der Waals surface area contributed by atoms with Gasteiger partial charge in [-0.15, -0.1) is 11.3 Å². The predicted molar refractivity (Wildman–Crippen MR) is 112 cm³/mol. The summed E-state index contributed by atoms with van der Waals surface area (Å²) in [5.74, 6) is -0.518. The number of carbonyl (C=O) groups is 1. The van der Waals surface area contributed by atoms with Crippen molar-refractivity contribution in [2.45, 2.75) is 4.90 Å². The van der Waals surface area contributed by atoms with Gasteiger partial charge in [0.05, 0.1) is 21.2 Å². The summed E-state index contributed by atoms with van der Waals surface area (Å²) >= 11 is 7.36. The van der Waals surface area contributed by atoms with Crippen LogP contribution in [0.3, 0.4) is 0 Å². The van der Waals surface area contributed by atoms with Crippen LogP contribution in [0.5, 0.6) is 0 Å². The number of thiazole rings is 1. The van der Waals surface area contributed by atoms with E-state index in [1.807, 2.05) is 35.8 Å². The number of aromatic nitrogens is 2. The molecule has 2 aromatic heterocycles. The van der Waals surface area contributed by atoms with Crippen molar-refractivity contribution in [3.05, 3.63) is 64.6 Å². The fraction of sp³-hybridized carbons (Fsp3) is 0.0526. The van der Waals surface area contributed by atoms with Gasteiger partial charge in [-0.1, -0.05) is 29.8 Å². The number of anilines is 1. The minimum Gasteiger partial charge on any atom is -0.360 e. The molecule has 0 bridgehead atoms. The van der Waals surface area contributed by atoms with E-state index in [9.17, 15) is 13.2 Å². The highest BCUT2D eigenvalue weighted by Crippen LogP contribution is 2.31. The Kier molecular flexibility index (Phi) is 4.70. The number of halogens is 1. The fourth-order valence-electron chi connectivity index (χ4n) is 2.81. The maximum absolute atomic E-state index is 12.6. The van der Waals surface area contributed by atoms with E-state index in [4.69, 9.17) is 11.6 Å². The number of hydrogen-bond donors (Lipinski definition) is 2. The van der Waals surface area contributed by atoms with Crippen molar-refractivity contribution in [1.82, 2.24) is 9.97 Å². The lowest BCUT2D eigenvalue weighted by Crippen LogP contribution is -2.13.